The molecule has 0 radical (unpaired) electrons. The van der Waals surface area contributed by atoms with Crippen molar-refractivity contribution in [3.05, 3.63) is 0 Å². The third kappa shape index (κ3) is 39.4. The third-order valence-electron chi connectivity index (χ3n) is 0.201. The summed E-state index contributed by atoms with van der Waals surface area (Å²) in [4.78, 5) is 18.7. The van der Waals surface area contributed by atoms with Crippen molar-refractivity contribution < 1.29 is 35.3 Å². The summed E-state index contributed by atoms with van der Waals surface area (Å²) in [5.74, 6) is 0. The fourth-order valence-electron chi connectivity index (χ4n) is 0.0581. The monoisotopic (exact) mass is 168 g/mol. The van der Waals surface area contributed by atoms with Crippen molar-refractivity contribution in [1.29, 1.82) is 0 Å². The zero-order chi connectivity index (χ0) is 7.70. The summed E-state index contributed by atoms with van der Waals surface area (Å²) < 4.78 is 17.0. The normalized spacial score (nSPS) is 5.33. The first-order valence-corrected chi connectivity index (χ1v) is 2.95. The van der Waals surface area contributed by atoms with Crippen LogP contribution < -0.4 is 11.1 Å². The van der Waals surface area contributed by atoms with Crippen molar-refractivity contribution in [2.24, 2.45) is 5.73 Å². The van der Waals surface area contributed by atoms with Gasteiger partial charge in [0.1, 0.15) is 0 Å². The van der Waals surface area contributed by atoms with Crippen LogP contribution in [-0.4, -0.2) is 12.4 Å². The van der Waals surface area contributed by atoms with Gasteiger partial charge in [0.2, 0.25) is 6.41 Å². The van der Waals surface area contributed by atoms with E-state index in [0.717, 1.165) is 0 Å². The summed E-state index contributed by atoms with van der Waals surface area (Å²) in [6.07, 6.45) is 0.225. The molecule has 0 fully saturated rings. The Hall–Kier alpha value is -0.746. The molecule has 0 unspecified atom stereocenters. The number of hydrogen-bond donors (Lipinski definition) is 2. The van der Waals surface area contributed by atoms with E-state index < -0.39 is 25.1 Å². The molecule has 3 N–H and O–H groups in total. The Kier molecular flexibility index (Phi) is 12.7. The Morgan fingerprint density at radius 3 is 1.89 bits per heavy atom. The molecule has 0 saturated heterocycles. The van der Waals surface area contributed by atoms with Crippen LogP contribution in [0.2, 0.25) is 0 Å². The van der Waals surface area contributed by atoms with Gasteiger partial charge in [0.25, 0.3) is 0 Å². The average molecular weight is 168 g/mol. The number of carbonyl (C=O) groups is 2. The number of rotatable bonds is 1. The van der Waals surface area contributed by atoms with E-state index in [2.05, 4.69) is 5.73 Å². The van der Waals surface area contributed by atoms with Crippen molar-refractivity contribution in [1.82, 2.24) is 5.32 Å². The molecule has 0 aromatic heterocycles. The standard InChI is InChI=1S/C2H4N2O2.2O.Ti/c3-2(6)4-1-5;;;/h1H,(H3,3,4,5,6);;;. The minimum atomic E-state index is -2.00. The van der Waals surface area contributed by atoms with E-state index in [-0.39, 0.29) is 6.41 Å². The van der Waals surface area contributed by atoms with Crippen LogP contribution in [0.25, 0.3) is 0 Å². The first-order valence-electron chi connectivity index (χ1n) is 1.68. The van der Waals surface area contributed by atoms with Gasteiger partial charge in [0, 0.05) is 0 Å². The van der Waals surface area contributed by atoms with Gasteiger partial charge in [-0.2, -0.15) is 0 Å². The fourth-order valence-corrected chi connectivity index (χ4v) is 0.0581. The number of nitrogens with two attached hydrogens (primary N) is 1. The summed E-state index contributed by atoms with van der Waals surface area (Å²) in [6, 6.07) is -0.829. The van der Waals surface area contributed by atoms with Gasteiger partial charge in [-0.15, -0.1) is 0 Å². The van der Waals surface area contributed by atoms with Gasteiger partial charge in [-0.3, -0.25) is 10.1 Å². The van der Waals surface area contributed by atoms with E-state index in [1.165, 1.54) is 0 Å². The van der Waals surface area contributed by atoms with Gasteiger partial charge >= 0.3 is 31.8 Å². The Bertz CT molecular complexity index is 129. The van der Waals surface area contributed by atoms with Crippen molar-refractivity contribution in [2.75, 3.05) is 0 Å². The van der Waals surface area contributed by atoms with E-state index in [9.17, 15) is 9.59 Å². The Morgan fingerprint density at radius 2 is 1.89 bits per heavy atom. The van der Waals surface area contributed by atoms with E-state index in [4.69, 9.17) is 6.65 Å². The molecule has 6 nitrogen and oxygen atoms in total. The molecule has 7 heteroatoms. The minimum absolute atomic E-state index is 0.225. The number of nitrogens with one attached hydrogen (secondary N) is 1. The Morgan fingerprint density at radius 1 is 1.56 bits per heavy atom. The number of primary amides is 1. The number of imide groups is 1. The van der Waals surface area contributed by atoms with Crippen molar-refractivity contribution >= 4 is 12.4 Å². The maximum atomic E-state index is 9.48. The maximum absolute atomic E-state index is 9.48. The molecule has 50 valence electrons. The van der Waals surface area contributed by atoms with E-state index in [0.29, 0.717) is 0 Å². The molecule has 0 saturated carbocycles. The van der Waals surface area contributed by atoms with Gasteiger partial charge in [-0.1, -0.05) is 0 Å². The molecule has 0 spiro atoms. The van der Waals surface area contributed by atoms with Crippen molar-refractivity contribution in [3.63, 3.8) is 0 Å². The molecule has 0 aliphatic rings. The first kappa shape index (κ1) is 11.1. The van der Waals surface area contributed by atoms with Gasteiger partial charge in [0.05, 0.1) is 0 Å². The number of urea groups is 1. The summed E-state index contributed by atoms with van der Waals surface area (Å²) in [5, 5.41) is 1.67. The Labute approximate surface area is 59.4 Å². The SMILES string of the molecule is NC(=O)NC=O.[O]=[Ti]=[O]. The second-order valence-electron chi connectivity index (χ2n) is 0.710. The van der Waals surface area contributed by atoms with Crippen LogP contribution in [0, 0.1) is 0 Å². The first-order chi connectivity index (χ1) is 4.18. The predicted octanol–water partition coefficient (Wildman–Crippen LogP) is -1.43. The molecule has 0 aromatic rings. The number of amides is 3. The quantitative estimate of drug-likeness (QED) is 0.369. The molecule has 0 aromatic carbocycles. The molecule has 0 aliphatic heterocycles. The van der Waals surface area contributed by atoms with Gasteiger partial charge in [0.15, 0.2) is 0 Å². The average Bonchev–Trinajstić information content (AvgIpc) is 1.67. The predicted molar refractivity (Wildman–Crippen MR) is 20.2 cm³/mol. The van der Waals surface area contributed by atoms with Crippen LogP contribution in [0.3, 0.4) is 0 Å². The summed E-state index contributed by atoms with van der Waals surface area (Å²) in [5.41, 5.74) is 4.42. The molecular weight excluding hydrogens is 164 g/mol. The van der Waals surface area contributed by atoms with Gasteiger partial charge in [-0.25, -0.2) is 4.79 Å². The zero-order valence-electron chi connectivity index (χ0n) is 4.29. The molecule has 0 atom stereocenters. The molecule has 0 rings (SSSR count). The summed E-state index contributed by atoms with van der Waals surface area (Å²) in [6.45, 7) is 0. The fraction of sp³-hybridized carbons (Fsp3) is 0. The molecule has 0 bridgehead atoms. The summed E-state index contributed by atoms with van der Waals surface area (Å²) >= 11 is -2.00. The summed E-state index contributed by atoms with van der Waals surface area (Å²) in [7, 11) is 0. The molecular formula is C2H4N2O4Ti. The molecule has 0 aliphatic carbocycles. The zero-order valence-corrected chi connectivity index (χ0v) is 5.85. The van der Waals surface area contributed by atoms with Gasteiger partial charge in [-0.05, 0) is 0 Å². The van der Waals surface area contributed by atoms with Crippen LogP contribution in [0.1, 0.15) is 0 Å². The second-order valence-corrected chi connectivity index (χ2v) is 0.970. The third-order valence-corrected chi connectivity index (χ3v) is 0.201. The topological polar surface area (TPSA) is 106 Å². The van der Waals surface area contributed by atoms with Crippen LogP contribution in [0.4, 0.5) is 4.79 Å². The van der Waals surface area contributed by atoms with Crippen molar-refractivity contribution in [3.8, 4) is 0 Å². The van der Waals surface area contributed by atoms with Crippen LogP contribution >= 0.6 is 0 Å². The van der Waals surface area contributed by atoms with Crippen LogP contribution in [0.5, 0.6) is 0 Å². The Balaban J connectivity index is 0. The van der Waals surface area contributed by atoms with E-state index >= 15 is 0 Å². The van der Waals surface area contributed by atoms with Crippen LogP contribution in [0.15, 0.2) is 0 Å². The van der Waals surface area contributed by atoms with Crippen LogP contribution in [-0.2, 0) is 30.5 Å². The van der Waals surface area contributed by atoms with E-state index in [1.807, 2.05) is 0 Å². The molecule has 9 heavy (non-hydrogen) atoms. The molecule has 3 amide bonds. The number of carbonyl (C=O) groups excluding carboxylic acids is 2. The van der Waals surface area contributed by atoms with Crippen molar-refractivity contribution in [2.45, 2.75) is 0 Å². The van der Waals surface area contributed by atoms with E-state index in [1.54, 1.807) is 5.32 Å². The molecule has 0 heterocycles. The van der Waals surface area contributed by atoms with Gasteiger partial charge < -0.3 is 5.73 Å². The number of hydrogen-bond acceptors (Lipinski definition) is 4. The second kappa shape index (κ2) is 10.3.